The quantitative estimate of drug-likeness (QED) is 0.784. The van der Waals surface area contributed by atoms with Crippen LogP contribution < -0.4 is 5.43 Å². The maximum Gasteiger partial charge on any atom is 0.360 e. The van der Waals surface area contributed by atoms with Crippen LogP contribution in [0.15, 0.2) is 29.6 Å². The zero-order valence-corrected chi connectivity index (χ0v) is 8.86. The topological polar surface area (TPSA) is 98.0 Å². The Bertz CT molecular complexity index is 621. The van der Waals surface area contributed by atoms with Crippen LogP contribution in [0.4, 0.5) is 0 Å². The molecule has 0 aliphatic heterocycles. The first-order chi connectivity index (χ1) is 8.09. The van der Waals surface area contributed by atoms with Crippen molar-refractivity contribution in [3.63, 3.8) is 0 Å². The summed E-state index contributed by atoms with van der Waals surface area (Å²) in [5, 5.41) is 12.6. The average molecular weight is 232 g/mol. The van der Waals surface area contributed by atoms with Gasteiger partial charge in [0.05, 0.1) is 12.4 Å². The smallest absolute Gasteiger partial charge is 0.360 e. The molecule has 0 saturated heterocycles. The molecule has 0 aliphatic carbocycles. The van der Waals surface area contributed by atoms with Crippen molar-refractivity contribution < 1.29 is 9.90 Å². The SMILES string of the molecule is Cc1cc(=O)c(C(=O)O)nn1-c1cncnc1. The number of nitrogens with zero attached hydrogens (tertiary/aromatic N) is 4. The fourth-order valence-corrected chi connectivity index (χ4v) is 1.36. The minimum absolute atomic E-state index is 0.493. The molecule has 0 spiro atoms. The van der Waals surface area contributed by atoms with Gasteiger partial charge >= 0.3 is 5.97 Å². The monoisotopic (exact) mass is 232 g/mol. The number of aromatic carboxylic acids is 1. The fourth-order valence-electron chi connectivity index (χ4n) is 1.36. The fraction of sp³-hybridized carbons (Fsp3) is 0.100. The normalized spacial score (nSPS) is 10.2. The van der Waals surface area contributed by atoms with E-state index in [-0.39, 0.29) is 0 Å². The van der Waals surface area contributed by atoms with Crippen LogP contribution in [0.3, 0.4) is 0 Å². The zero-order chi connectivity index (χ0) is 12.4. The van der Waals surface area contributed by atoms with Gasteiger partial charge in [-0.15, -0.1) is 0 Å². The number of hydrogen-bond donors (Lipinski definition) is 1. The zero-order valence-electron chi connectivity index (χ0n) is 8.86. The molecule has 2 aromatic rings. The Morgan fingerprint density at radius 3 is 2.59 bits per heavy atom. The Kier molecular flexibility index (Phi) is 2.65. The molecule has 86 valence electrons. The second-order valence-electron chi connectivity index (χ2n) is 3.31. The van der Waals surface area contributed by atoms with E-state index in [0.29, 0.717) is 11.4 Å². The maximum absolute atomic E-state index is 11.4. The first kappa shape index (κ1) is 10.9. The van der Waals surface area contributed by atoms with Gasteiger partial charge in [-0.3, -0.25) is 4.79 Å². The van der Waals surface area contributed by atoms with Gasteiger partial charge in [0, 0.05) is 11.8 Å². The molecule has 17 heavy (non-hydrogen) atoms. The summed E-state index contributed by atoms with van der Waals surface area (Å²) in [7, 11) is 0. The molecule has 2 rings (SSSR count). The van der Waals surface area contributed by atoms with Crippen LogP contribution in [-0.2, 0) is 0 Å². The third kappa shape index (κ3) is 2.03. The number of hydrogen-bond acceptors (Lipinski definition) is 5. The summed E-state index contributed by atoms with van der Waals surface area (Å²) in [6, 6.07) is 1.21. The lowest BCUT2D eigenvalue weighted by Crippen LogP contribution is -2.22. The summed E-state index contributed by atoms with van der Waals surface area (Å²) in [5.41, 5.74) is -0.148. The molecule has 0 radical (unpaired) electrons. The second kappa shape index (κ2) is 4.12. The van der Waals surface area contributed by atoms with Crippen molar-refractivity contribution in [3.05, 3.63) is 46.4 Å². The van der Waals surface area contributed by atoms with Crippen LogP contribution in [0.1, 0.15) is 16.2 Å². The predicted octanol–water partition coefficient (Wildman–Crippen LogP) is 0.0291. The highest BCUT2D eigenvalue weighted by Crippen LogP contribution is 2.04. The van der Waals surface area contributed by atoms with Gasteiger partial charge in [-0.05, 0) is 6.92 Å². The van der Waals surface area contributed by atoms with E-state index in [1.165, 1.54) is 29.5 Å². The molecule has 0 saturated carbocycles. The Morgan fingerprint density at radius 1 is 1.35 bits per heavy atom. The molecule has 0 aromatic carbocycles. The third-order valence-electron chi connectivity index (χ3n) is 2.10. The van der Waals surface area contributed by atoms with Gasteiger partial charge < -0.3 is 5.11 Å². The van der Waals surface area contributed by atoms with E-state index in [1.54, 1.807) is 6.92 Å². The molecule has 0 bridgehead atoms. The molecule has 7 nitrogen and oxygen atoms in total. The van der Waals surface area contributed by atoms with Crippen LogP contribution >= 0.6 is 0 Å². The van der Waals surface area contributed by atoms with Gasteiger partial charge in [-0.2, -0.15) is 5.10 Å². The van der Waals surface area contributed by atoms with Gasteiger partial charge in [-0.25, -0.2) is 19.4 Å². The summed E-state index contributed by atoms with van der Waals surface area (Å²) in [6.45, 7) is 1.65. The molecule has 0 atom stereocenters. The lowest BCUT2D eigenvalue weighted by atomic mass is 10.3. The standard InChI is InChI=1S/C10H8N4O3/c1-6-2-8(15)9(10(16)17)13-14(6)7-3-11-5-12-4-7/h2-5H,1H3,(H,16,17). The average Bonchev–Trinajstić information content (AvgIpc) is 2.29. The largest absolute Gasteiger partial charge is 0.476 e. The Balaban J connectivity index is 2.67. The van der Waals surface area contributed by atoms with Crippen LogP contribution in [0.5, 0.6) is 0 Å². The third-order valence-corrected chi connectivity index (χ3v) is 2.10. The van der Waals surface area contributed by atoms with Crippen molar-refractivity contribution in [2.24, 2.45) is 0 Å². The van der Waals surface area contributed by atoms with E-state index in [2.05, 4.69) is 15.1 Å². The van der Waals surface area contributed by atoms with Crippen LogP contribution in [0.25, 0.3) is 5.69 Å². The van der Waals surface area contributed by atoms with E-state index in [0.717, 1.165) is 0 Å². The molecule has 2 aromatic heterocycles. The number of carboxylic acids is 1. The Hall–Kier alpha value is -2.57. The lowest BCUT2D eigenvalue weighted by molar-refractivity contribution is 0.0686. The lowest BCUT2D eigenvalue weighted by Gasteiger charge is -2.08. The minimum Gasteiger partial charge on any atom is -0.476 e. The molecule has 1 N–H and O–H groups in total. The van der Waals surface area contributed by atoms with Crippen molar-refractivity contribution >= 4 is 5.97 Å². The van der Waals surface area contributed by atoms with Crippen LogP contribution in [0.2, 0.25) is 0 Å². The number of carbonyl (C=O) groups is 1. The van der Waals surface area contributed by atoms with Gasteiger partial charge in [-0.1, -0.05) is 0 Å². The van der Waals surface area contributed by atoms with E-state index in [4.69, 9.17) is 5.11 Å². The minimum atomic E-state index is -1.36. The van der Waals surface area contributed by atoms with Gasteiger partial charge in [0.25, 0.3) is 0 Å². The molecule has 0 amide bonds. The molecule has 0 aliphatic rings. The maximum atomic E-state index is 11.4. The molecule has 0 unspecified atom stereocenters. The van der Waals surface area contributed by atoms with Gasteiger partial charge in [0.15, 0.2) is 0 Å². The van der Waals surface area contributed by atoms with E-state index in [9.17, 15) is 9.59 Å². The van der Waals surface area contributed by atoms with Crippen molar-refractivity contribution in [1.82, 2.24) is 19.7 Å². The highest BCUT2D eigenvalue weighted by Gasteiger charge is 2.13. The molecule has 7 heteroatoms. The number of carboxylic acid groups (broad SMARTS) is 1. The van der Waals surface area contributed by atoms with E-state index >= 15 is 0 Å². The van der Waals surface area contributed by atoms with Gasteiger partial charge in [0.1, 0.15) is 12.0 Å². The van der Waals surface area contributed by atoms with Crippen molar-refractivity contribution in [1.29, 1.82) is 0 Å². The molecular formula is C10H8N4O3. The van der Waals surface area contributed by atoms with E-state index < -0.39 is 17.1 Å². The Labute approximate surface area is 95.4 Å². The summed E-state index contributed by atoms with van der Waals surface area (Å²) in [6.07, 6.45) is 4.30. The highest BCUT2D eigenvalue weighted by atomic mass is 16.4. The second-order valence-corrected chi connectivity index (χ2v) is 3.31. The summed E-state index contributed by atoms with van der Waals surface area (Å²) < 4.78 is 1.31. The van der Waals surface area contributed by atoms with Gasteiger partial charge in [0.2, 0.25) is 11.1 Å². The summed E-state index contributed by atoms with van der Waals surface area (Å²) >= 11 is 0. The van der Waals surface area contributed by atoms with E-state index in [1.807, 2.05) is 0 Å². The highest BCUT2D eigenvalue weighted by molar-refractivity contribution is 5.84. The van der Waals surface area contributed by atoms with Crippen LogP contribution in [-0.4, -0.2) is 30.8 Å². The molecule has 2 heterocycles. The Morgan fingerprint density at radius 2 is 2.00 bits per heavy atom. The van der Waals surface area contributed by atoms with Crippen molar-refractivity contribution in [2.45, 2.75) is 6.92 Å². The van der Waals surface area contributed by atoms with Crippen molar-refractivity contribution in [3.8, 4) is 5.69 Å². The predicted molar refractivity (Wildman–Crippen MR) is 57.1 cm³/mol. The van der Waals surface area contributed by atoms with Crippen molar-refractivity contribution in [2.75, 3.05) is 0 Å². The molecular weight excluding hydrogens is 224 g/mol. The first-order valence-corrected chi connectivity index (χ1v) is 4.69. The molecule has 0 fully saturated rings. The number of aryl methyl sites for hydroxylation is 1. The number of aromatic nitrogens is 4. The number of rotatable bonds is 2. The first-order valence-electron chi connectivity index (χ1n) is 4.69. The van der Waals surface area contributed by atoms with Crippen LogP contribution in [0, 0.1) is 6.92 Å². The summed E-state index contributed by atoms with van der Waals surface area (Å²) in [4.78, 5) is 29.8. The summed E-state index contributed by atoms with van der Waals surface area (Å²) in [5.74, 6) is -1.36.